The molecule has 1 amide bonds. The van der Waals surface area contributed by atoms with E-state index in [1.54, 1.807) is 0 Å². The molecular formula is C14H27N3O2. The van der Waals surface area contributed by atoms with Crippen LogP contribution in [0.3, 0.4) is 0 Å². The summed E-state index contributed by atoms with van der Waals surface area (Å²) in [6.07, 6.45) is 3.72. The number of piperidine rings is 1. The van der Waals surface area contributed by atoms with Gasteiger partial charge in [-0.3, -0.25) is 9.69 Å². The number of nitrogens with one attached hydrogen (secondary N) is 1. The van der Waals surface area contributed by atoms with Crippen molar-refractivity contribution in [3.63, 3.8) is 0 Å². The lowest BCUT2D eigenvalue weighted by molar-refractivity contribution is -0.137. The fourth-order valence-corrected chi connectivity index (χ4v) is 2.90. The molecule has 5 nitrogen and oxygen atoms in total. The number of rotatable bonds is 5. The third-order valence-corrected chi connectivity index (χ3v) is 4.08. The van der Waals surface area contributed by atoms with Crippen LogP contribution in [0.1, 0.15) is 26.2 Å². The minimum Gasteiger partial charge on any atom is -0.378 e. The van der Waals surface area contributed by atoms with Crippen LogP contribution < -0.4 is 5.32 Å². The lowest BCUT2D eigenvalue weighted by Gasteiger charge is -2.37. The van der Waals surface area contributed by atoms with Crippen LogP contribution >= 0.6 is 0 Å². The first-order chi connectivity index (χ1) is 9.31. The van der Waals surface area contributed by atoms with E-state index in [0.717, 1.165) is 32.7 Å². The summed E-state index contributed by atoms with van der Waals surface area (Å²) in [6.45, 7) is 8.66. The predicted octanol–water partition coefficient (Wildman–Crippen LogP) is 0.309. The normalized spacial score (nSPS) is 25.5. The largest absolute Gasteiger partial charge is 0.378 e. The van der Waals surface area contributed by atoms with E-state index in [1.807, 2.05) is 4.90 Å². The van der Waals surface area contributed by atoms with Crippen LogP contribution in [0.4, 0.5) is 0 Å². The Morgan fingerprint density at radius 2 is 2.05 bits per heavy atom. The molecule has 0 spiro atoms. The number of ether oxygens (including phenoxy) is 1. The van der Waals surface area contributed by atoms with Crippen molar-refractivity contribution in [2.24, 2.45) is 0 Å². The zero-order valence-corrected chi connectivity index (χ0v) is 12.1. The Morgan fingerprint density at radius 1 is 1.26 bits per heavy atom. The maximum atomic E-state index is 12.3. The second-order valence-corrected chi connectivity index (χ2v) is 5.42. The summed E-state index contributed by atoms with van der Waals surface area (Å²) < 4.78 is 5.30. The summed E-state index contributed by atoms with van der Waals surface area (Å²) in [5.74, 6) is 0.270. The van der Waals surface area contributed by atoms with Gasteiger partial charge < -0.3 is 15.0 Å². The Hall–Kier alpha value is -0.650. The van der Waals surface area contributed by atoms with Crippen LogP contribution in [0.15, 0.2) is 0 Å². The van der Waals surface area contributed by atoms with Gasteiger partial charge in [-0.2, -0.15) is 0 Å². The smallest absolute Gasteiger partial charge is 0.236 e. The highest BCUT2D eigenvalue weighted by Gasteiger charge is 2.26. The highest BCUT2D eigenvalue weighted by atomic mass is 16.5. The first-order valence-corrected chi connectivity index (χ1v) is 7.61. The van der Waals surface area contributed by atoms with Crippen LogP contribution in [-0.4, -0.2) is 74.2 Å². The van der Waals surface area contributed by atoms with Gasteiger partial charge in [-0.05, 0) is 25.9 Å². The van der Waals surface area contributed by atoms with Gasteiger partial charge >= 0.3 is 0 Å². The lowest BCUT2D eigenvalue weighted by atomic mass is 10.0. The van der Waals surface area contributed by atoms with Gasteiger partial charge in [0, 0.05) is 25.7 Å². The van der Waals surface area contributed by atoms with Crippen LogP contribution in [0.2, 0.25) is 0 Å². The average Bonchev–Trinajstić information content (AvgIpc) is 2.47. The standard InChI is InChI=1S/C14H27N3O2/c1-2-15-11-13-5-3-4-6-17(13)12-14(18)16-7-9-19-10-8-16/h13,15H,2-12H2,1H3. The number of hydrogen-bond acceptors (Lipinski definition) is 4. The van der Waals surface area contributed by atoms with Crippen molar-refractivity contribution in [3.8, 4) is 0 Å². The van der Waals surface area contributed by atoms with Crippen molar-refractivity contribution in [2.45, 2.75) is 32.2 Å². The molecule has 1 N–H and O–H groups in total. The molecule has 0 aromatic carbocycles. The predicted molar refractivity (Wildman–Crippen MR) is 75.2 cm³/mol. The molecule has 0 aromatic heterocycles. The SMILES string of the molecule is CCNCC1CCCCN1CC(=O)N1CCOCC1. The van der Waals surface area contributed by atoms with Crippen molar-refractivity contribution < 1.29 is 9.53 Å². The Labute approximate surface area is 116 Å². The van der Waals surface area contributed by atoms with Crippen molar-refractivity contribution in [2.75, 3.05) is 52.5 Å². The van der Waals surface area contributed by atoms with E-state index in [1.165, 1.54) is 19.3 Å². The van der Waals surface area contributed by atoms with E-state index < -0.39 is 0 Å². The van der Waals surface area contributed by atoms with Gasteiger partial charge in [-0.25, -0.2) is 0 Å². The first kappa shape index (κ1) is 14.8. The van der Waals surface area contributed by atoms with Gasteiger partial charge in [0.2, 0.25) is 5.91 Å². The number of likely N-dealkylation sites (tertiary alicyclic amines) is 1. The molecule has 2 heterocycles. The minimum absolute atomic E-state index is 0.270. The Balaban J connectivity index is 1.82. The highest BCUT2D eigenvalue weighted by molar-refractivity contribution is 5.78. The van der Waals surface area contributed by atoms with Gasteiger partial charge in [0.05, 0.1) is 19.8 Å². The fraction of sp³-hybridized carbons (Fsp3) is 0.929. The second kappa shape index (κ2) is 7.82. The lowest BCUT2D eigenvalue weighted by Crippen LogP contribution is -2.51. The molecule has 0 aliphatic carbocycles. The molecule has 2 aliphatic rings. The van der Waals surface area contributed by atoms with E-state index in [0.29, 0.717) is 25.8 Å². The summed E-state index contributed by atoms with van der Waals surface area (Å²) in [4.78, 5) is 16.6. The molecule has 5 heteroatoms. The van der Waals surface area contributed by atoms with Crippen LogP contribution in [-0.2, 0) is 9.53 Å². The molecule has 0 bridgehead atoms. The molecule has 2 fully saturated rings. The number of nitrogens with zero attached hydrogens (tertiary/aromatic N) is 2. The molecule has 19 heavy (non-hydrogen) atoms. The monoisotopic (exact) mass is 269 g/mol. The van der Waals surface area contributed by atoms with Crippen molar-refractivity contribution in [1.29, 1.82) is 0 Å². The van der Waals surface area contributed by atoms with Crippen LogP contribution in [0.5, 0.6) is 0 Å². The maximum absolute atomic E-state index is 12.3. The molecule has 2 aliphatic heterocycles. The van der Waals surface area contributed by atoms with Crippen LogP contribution in [0.25, 0.3) is 0 Å². The number of carbonyl (C=O) groups excluding carboxylic acids is 1. The topological polar surface area (TPSA) is 44.8 Å². The summed E-state index contributed by atoms with van der Waals surface area (Å²) in [6, 6.07) is 0.527. The van der Waals surface area contributed by atoms with E-state index in [2.05, 4.69) is 17.1 Å². The summed E-state index contributed by atoms with van der Waals surface area (Å²) in [5.41, 5.74) is 0. The van der Waals surface area contributed by atoms with Gasteiger partial charge in [0.1, 0.15) is 0 Å². The summed E-state index contributed by atoms with van der Waals surface area (Å²) in [5, 5.41) is 3.41. The number of amides is 1. The van der Waals surface area contributed by atoms with Gasteiger partial charge in [-0.1, -0.05) is 13.3 Å². The molecule has 2 saturated heterocycles. The molecule has 1 atom stereocenters. The Morgan fingerprint density at radius 3 is 2.79 bits per heavy atom. The molecule has 1 unspecified atom stereocenters. The van der Waals surface area contributed by atoms with Crippen molar-refractivity contribution in [3.05, 3.63) is 0 Å². The van der Waals surface area contributed by atoms with Crippen molar-refractivity contribution in [1.82, 2.24) is 15.1 Å². The minimum atomic E-state index is 0.270. The van der Waals surface area contributed by atoms with Crippen LogP contribution in [0, 0.1) is 0 Å². The fourth-order valence-electron chi connectivity index (χ4n) is 2.90. The van der Waals surface area contributed by atoms with E-state index in [9.17, 15) is 4.79 Å². The Bertz CT molecular complexity index is 280. The summed E-state index contributed by atoms with van der Waals surface area (Å²) in [7, 11) is 0. The molecular weight excluding hydrogens is 242 g/mol. The van der Waals surface area contributed by atoms with E-state index in [4.69, 9.17) is 4.74 Å². The van der Waals surface area contributed by atoms with Gasteiger partial charge in [0.25, 0.3) is 0 Å². The zero-order valence-electron chi connectivity index (χ0n) is 12.1. The van der Waals surface area contributed by atoms with E-state index >= 15 is 0 Å². The maximum Gasteiger partial charge on any atom is 0.236 e. The highest BCUT2D eigenvalue weighted by Crippen LogP contribution is 2.16. The average molecular weight is 269 g/mol. The quantitative estimate of drug-likeness (QED) is 0.780. The number of morpholine rings is 1. The number of likely N-dealkylation sites (N-methyl/N-ethyl adjacent to an activating group) is 1. The molecule has 0 saturated carbocycles. The molecule has 0 aromatic rings. The third kappa shape index (κ3) is 4.44. The van der Waals surface area contributed by atoms with Gasteiger partial charge in [0.15, 0.2) is 0 Å². The molecule has 0 radical (unpaired) electrons. The first-order valence-electron chi connectivity index (χ1n) is 7.61. The number of carbonyl (C=O) groups is 1. The zero-order chi connectivity index (χ0) is 13.5. The molecule has 2 rings (SSSR count). The Kier molecular flexibility index (Phi) is 6.07. The molecule has 110 valence electrons. The number of hydrogen-bond donors (Lipinski definition) is 1. The van der Waals surface area contributed by atoms with Gasteiger partial charge in [-0.15, -0.1) is 0 Å². The van der Waals surface area contributed by atoms with Crippen molar-refractivity contribution >= 4 is 5.91 Å². The third-order valence-electron chi connectivity index (χ3n) is 4.08. The van der Waals surface area contributed by atoms with E-state index in [-0.39, 0.29) is 5.91 Å². The second-order valence-electron chi connectivity index (χ2n) is 5.42. The summed E-state index contributed by atoms with van der Waals surface area (Å²) >= 11 is 0.